The van der Waals surface area contributed by atoms with E-state index in [0.29, 0.717) is 28.4 Å². The van der Waals surface area contributed by atoms with E-state index >= 15 is 0 Å². The number of amidine groups is 1. The monoisotopic (exact) mass is 438 g/mol. The van der Waals surface area contributed by atoms with Gasteiger partial charge in [-0.1, -0.05) is 30.0 Å². The molecule has 0 aromatic heterocycles. The van der Waals surface area contributed by atoms with Gasteiger partial charge in [0.25, 0.3) is 5.91 Å². The highest BCUT2D eigenvalue weighted by Crippen LogP contribution is 2.37. The predicted molar refractivity (Wildman–Crippen MR) is 122 cm³/mol. The summed E-state index contributed by atoms with van der Waals surface area (Å²) in [4.78, 5) is 31.7. The Hall–Kier alpha value is -3.46. The highest BCUT2D eigenvalue weighted by Gasteiger charge is 2.27. The van der Waals surface area contributed by atoms with Crippen LogP contribution in [0, 0.1) is 0 Å². The molecule has 2 aliphatic heterocycles. The van der Waals surface area contributed by atoms with Gasteiger partial charge in [0.1, 0.15) is 11.5 Å². The lowest BCUT2D eigenvalue weighted by atomic mass is 10.2. The molecule has 0 fully saturated rings. The fourth-order valence-electron chi connectivity index (χ4n) is 3.35. The zero-order chi connectivity index (χ0) is 21.8. The van der Waals surface area contributed by atoms with Gasteiger partial charge in [0.05, 0.1) is 38.6 Å². The molecule has 9 heteroatoms. The van der Waals surface area contributed by atoms with E-state index in [1.54, 1.807) is 36.4 Å². The second-order valence-corrected chi connectivity index (χ2v) is 7.68. The quantitative estimate of drug-likeness (QED) is 0.687. The van der Waals surface area contributed by atoms with Crippen LogP contribution in [0.2, 0.25) is 0 Å². The number of fused-ring (bicyclic) bond motifs is 1. The van der Waals surface area contributed by atoms with Crippen LogP contribution in [0.4, 0.5) is 11.4 Å². The van der Waals surface area contributed by atoms with Gasteiger partial charge < -0.3 is 25.0 Å². The zero-order valence-electron chi connectivity index (χ0n) is 17.2. The van der Waals surface area contributed by atoms with Crippen molar-refractivity contribution in [3.8, 4) is 11.5 Å². The van der Waals surface area contributed by atoms with Crippen molar-refractivity contribution in [2.45, 2.75) is 6.42 Å². The Morgan fingerprint density at radius 1 is 1.06 bits per heavy atom. The third kappa shape index (κ3) is 4.51. The van der Waals surface area contributed by atoms with Gasteiger partial charge in [-0.05, 0) is 17.5 Å². The van der Waals surface area contributed by atoms with Gasteiger partial charge in [-0.25, -0.2) is 0 Å². The topological polar surface area (TPSA) is 92.3 Å². The highest BCUT2D eigenvalue weighted by atomic mass is 32.2. The van der Waals surface area contributed by atoms with Crippen LogP contribution in [-0.2, 0) is 4.79 Å². The molecule has 2 aromatic rings. The molecule has 2 aromatic carbocycles. The SMILES string of the molecule is COc1cc(NC(=O)c2ccccc2)c(OC)cc1NC(=O)CC1=CSC2=NCCN12. The number of anilines is 2. The van der Waals surface area contributed by atoms with Crippen LogP contribution in [0.1, 0.15) is 16.8 Å². The smallest absolute Gasteiger partial charge is 0.255 e. The number of amides is 2. The van der Waals surface area contributed by atoms with Gasteiger partial charge >= 0.3 is 0 Å². The first-order valence-corrected chi connectivity index (χ1v) is 10.6. The van der Waals surface area contributed by atoms with E-state index in [1.807, 2.05) is 11.5 Å². The Kier molecular flexibility index (Phi) is 6.13. The summed E-state index contributed by atoms with van der Waals surface area (Å²) in [5.74, 6) is 0.369. The van der Waals surface area contributed by atoms with Crippen LogP contribution >= 0.6 is 11.8 Å². The Bertz CT molecular complexity index is 1070. The first kappa shape index (κ1) is 20.8. The summed E-state index contributed by atoms with van der Waals surface area (Å²) in [6, 6.07) is 12.1. The summed E-state index contributed by atoms with van der Waals surface area (Å²) < 4.78 is 10.9. The van der Waals surface area contributed by atoms with Crippen molar-refractivity contribution in [3.63, 3.8) is 0 Å². The molecule has 2 aliphatic rings. The maximum atomic E-state index is 12.7. The molecule has 0 spiro atoms. The number of ether oxygens (including phenoxy) is 2. The van der Waals surface area contributed by atoms with Crippen molar-refractivity contribution in [1.29, 1.82) is 0 Å². The molecule has 0 bridgehead atoms. The van der Waals surface area contributed by atoms with Crippen LogP contribution in [0.25, 0.3) is 0 Å². The average molecular weight is 439 g/mol. The molecule has 2 N–H and O–H groups in total. The number of aliphatic imine (C=N–C) groups is 1. The number of hydrogen-bond acceptors (Lipinski definition) is 7. The Morgan fingerprint density at radius 3 is 2.42 bits per heavy atom. The number of hydrogen-bond donors (Lipinski definition) is 2. The van der Waals surface area contributed by atoms with E-state index in [1.165, 1.54) is 26.0 Å². The molecule has 2 heterocycles. The third-order valence-electron chi connectivity index (χ3n) is 4.87. The molecule has 31 heavy (non-hydrogen) atoms. The van der Waals surface area contributed by atoms with Crippen LogP contribution in [-0.4, -0.2) is 49.2 Å². The Labute approximate surface area is 184 Å². The third-order valence-corrected chi connectivity index (χ3v) is 5.82. The molecule has 0 atom stereocenters. The molecule has 2 amide bonds. The molecule has 8 nitrogen and oxygen atoms in total. The van der Waals surface area contributed by atoms with E-state index in [-0.39, 0.29) is 18.2 Å². The standard InChI is InChI=1S/C22H22N4O4S/c1-29-18-12-17(25-21(28)14-6-4-3-5-7-14)19(30-2)11-16(18)24-20(27)10-15-13-31-22-23-8-9-26(15)22/h3-7,11-13H,8-10H2,1-2H3,(H,24,27)(H,25,28). The molecule has 0 saturated heterocycles. The fraction of sp³-hybridized carbons (Fsp3) is 0.227. The molecular formula is C22H22N4O4S. The van der Waals surface area contributed by atoms with E-state index in [4.69, 9.17) is 9.47 Å². The lowest BCUT2D eigenvalue weighted by Crippen LogP contribution is -2.24. The van der Waals surface area contributed by atoms with E-state index in [2.05, 4.69) is 20.5 Å². The summed E-state index contributed by atoms with van der Waals surface area (Å²) >= 11 is 1.54. The maximum Gasteiger partial charge on any atom is 0.255 e. The van der Waals surface area contributed by atoms with Crippen LogP contribution < -0.4 is 20.1 Å². The summed E-state index contributed by atoms with van der Waals surface area (Å²) in [6.07, 6.45) is 0.226. The van der Waals surface area contributed by atoms with Crippen molar-refractivity contribution < 1.29 is 19.1 Å². The predicted octanol–water partition coefficient (Wildman–Crippen LogP) is 3.54. The Morgan fingerprint density at radius 2 is 1.74 bits per heavy atom. The van der Waals surface area contributed by atoms with Gasteiger partial charge in [0.2, 0.25) is 5.91 Å². The second kappa shape index (κ2) is 9.13. The number of benzene rings is 2. The number of carbonyl (C=O) groups excluding carboxylic acids is 2. The lowest BCUT2D eigenvalue weighted by Gasteiger charge is -2.18. The van der Waals surface area contributed by atoms with Gasteiger partial charge in [0.15, 0.2) is 5.17 Å². The number of nitrogens with one attached hydrogen (secondary N) is 2. The number of thioether (sulfide) groups is 1. The first-order valence-electron chi connectivity index (χ1n) is 9.69. The van der Waals surface area contributed by atoms with Crippen molar-refractivity contribution in [2.24, 2.45) is 4.99 Å². The van der Waals surface area contributed by atoms with Gasteiger partial charge in [-0.15, -0.1) is 0 Å². The summed E-state index contributed by atoms with van der Waals surface area (Å²) in [5.41, 5.74) is 2.35. The van der Waals surface area contributed by atoms with Crippen LogP contribution in [0.3, 0.4) is 0 Å². The molecule has 0 radical (unpaired) electrons. The number of carbonyl (C=O) groups is 2. The number of methoxy groups -OCH3 is 2. The largest absolute Gasteiger partial charge is 0.494 e. The van der Waals surface area contributed by atoms with Crippen molar-refractivity contribution in [3.05, 3.63) is 59.1 Å². The Balaban J connectivity index is 1.49. The first-order chi connectivity index (χ1) is 15.1. The van der Waals surface area contributed by atoms with Crippen molar-refractivity contribution >= 4 is 40.1 Å². The van der Waals surface area contributed by atoms with Crippen molar-refractivity contribution in [1.82, 2.24) is 4.90 Å². The van der Waals surface area contributed by atoms with E-state index in [9.17, 15) is 9.59 Å². The minimum atomic E-state index is -0.272. The minimum Gasteiger partial charge on any atom is -0.494 e. The van der Waals surface area contributed by atoms with Gasteiger partial charge in [-0.2, -0.15) is 0 Å². The zero-order valence-corrected chi connectivity index (χ0v) is 18.0. The second-order valence-electron chi connectivity index (χ2n) is 6.84. The fourth-order valence-corrected chi connectivity index (χ4v) is 4.31. The molecule has 160 valence electrons. The average Bonchev–Trinajstić information content (AvgIpc) is 3.40. The highest BCUT2D eigenvalue weighted by molar-refractivity contribution is 8.16. The normalized spacial score (nSPS) is 14.5. The molecule has 4 rings (SSSR count). The van der Waals surface area contributed by atoms with Gasteiger partial charge in [0, 0.05) is 29.9 Å². The molecule has 0 aliphatic carbocycles. The minimum absolute atomic E-state index is 0.179. The number of nitrogens with zero attached hydrogens (tertiary/aromatic N) is 2. The summed E-state index contributed by atoms with van der Waals surface area (Å²) in [6.45, 7) is 1.55. The van der Waals surface area contributed by atoms with Gasteiger partial charge in [-0.3, -0.25) is 14.6 Å². The van der Waals surface area contributed by atoms with E-state index < -0.39 is 0 Å². The summed E-state index contributed by atoms with van der Waals surface area (Å²) in [5, 5.41) is 8.61. The summed E-state index contributed by atoms with van der Waals surface area (Å²) in [7, 11) is 3.00. The van der Waals surface area contributed by atoms with Crippen LogP contribution in [0.5, 0.6) is 11.5 Å². The van der Waals surface area contributed by atoms with Crippen molar-refractivity contribution in [2.75, 3.05) is 37.9 Å². The van der Waals surface area contributed by atoms with E-state index in [0.717, 1.165) is 24.0 Å². The maximum absolute atomic E-state index is 12.7. The molecular weight excluding hydrogens is 416 g/mol. The van der Waals surface area contributed by atoms with Crippen LogP contribution in [0.15, 0.2) is 58.6 Å². The lowest BCUT2D eigenvalue weighted by molar-refractivity contribution is -0.115. The molecule has 0 saturated carbocycles. The molecule has 0 unspecified atom stereocenters. The number of rotatable bonds is 7.